The fraction of sp³-hybridized carbons (Fsp3) is 0.412. The minimum atomic E-state index is -0.171. The summed E-state index contributed by atoms with van der Waals surface area (Å²) >= 11 is 1.41. The summed E-state index contributed by atoms with van der Waals surface area (Å²) in [4.78, 5) is 24.2. The van der Waals surface area contributed by atoms with Gasteiger partial charge < -0.3 is 10.6 Å². The molecule has 0 saturated carbocycles. The van der Waals surface area contributed by atoms with E-state index in [-0.39, 0.29) is 17.7 Å². The maximum Gasteiger partial charge on any atom is 0.227 e. The lowest BCUT2D eigenvalue weighted by Crippen LogP contribution is -2.30. The fourth-order valence-electron chi connectivity index (χ4n) is 2.75. The lowest BCUT2D eigenvalue weighted by atomic mass is 9.89. The molecule has 2 amide bonds. The van der Waals surface area contributed by atoms with Crippen LogP contribution in [0.2, 0.25) is 0 Å². The number of para-hydroxylation sites is 1. The van der Waals surface area contributed by atoms with Gasteiger partial charge in [0.15, 0.2) is 0 Å². The fourth-order valence-corrected chi connectivity index (χ4v) is 3.61. The molecule has 0 bridgehead atoms. The van der Waals surface area contributed by atoms with Crippen molar-refractivity contribution in [3.8, 4) is 0 Å². The van der Waals surface area contributed by atoms with E-state index in [1.165, 1.54) is 11.3 Å². The predicted octanol–water partition coefficient (Wildman–Crippen LogP) is 3.02. The second kappa shape index (κ2) is 7.53. The van der Waals surface area contributed by atoms with E-state index >= 15 is 0 Å². The Morgan fingerprint density at radius 2 is 2.21 bits per heavy atom. The maximum absolute atomic E-state index is 12.1. The summed E-state index contributed by atoms with van der Waals surface area (Å²) in [6, 6.07) is 7.78. The Morgan fingerprint density at radius 1 is 1.38 bits per heavy atom. The molecule has 126 valence electrons. The van der Waals surface area contributed by atoms with Gasteiger partial charge in [-0.2, -0.15) is 0 Å². The summed E-state index contributed by atoms with van der Waals surface area (Å²) in [5, 5.41) is 15.1. The van der Waals surface area contributed by atoms with E-state index in [9.17, 15) is 9.59 Å². The van der Waals surface area contributed by atoms with Crippen molar-refractivity contribution in [1.29, 1.82) is 0 Å². The average molecular weight is 344 g/mol. The molecule has 0 saturated heterocycles. The van der Waals surface area contributed by atoms with E-state index in [1.807, 2.05) is 24.3 Å². The summed E-state index contributed by atoms with van der Waals surface area (Å²) in [5.74, 6) is -0.306. The SMILES string of the molecule is CCCc1nnc(NC(=O)CCC2Cc3ccccc3NC2=O)s1. The normalized spacial score (nSPS) is 16.4. The van der Waals surface area contributed by atoms with Gasteiger partial charge in [-0.15, -0.1) is 10.2 Å². The number of amides is 2. The van der Waals surface area contributed by atoms with E-state index in [0.29, 0.717) is 24.4 Å². The number of nitrogens with zero attached hydrogens (tertiary/aromatic N) is 2. The molecule has 0 aliphatic carbocycles. The number of rotatable bonds is 6. The van der Waals surface area contributed by atoms with Crippen molar-refractivity contribution in [2.24, 2.45) is 5.92 Å². The van der Waals surface area contributed by atoms with Crippen LogP contribution >= 0.6 is 11.3 Å². The van der Waals surface area contributed by atoms with Gasteiger partial charge in [0, 0.05) is 24.4 Å². The number of anilines is 2. The van der Waals surface area contributed by atoms with E-state index in [0.717, 1.165) is 29.1 Å². The first kappa shape index (κ1) is 16.6. The first-order valence-electron chi connectivity index (χ1n) is 8.16. The Bertz CT molecular complexity index is 744. The van der Waals surface area contributed by atoms with Crippen LogP contribution in [0.15, 0.2) is 24.3 Å². The van der Waals surface area contributed by atoms with Gasteiger partial charge in [-0.3, -0.25) is 9.59 Å². The standard InChI is InChI=1S/C17H20N4O2S/c1-2-5-15-20-21-17(24-15)19-14(22)9-8-12-10-11-6-3-4-7-13(11)18-16(12)23/h3-4,6-7,12H,2,5,8-10H2,1H3,(H,18,23)(H,19,21,22). The van der Waals surface area contributed by atoms with Gasteiger partial charge in [0.1, 0.15) is 5.01 Å². The van der Waals surface area contributed by atoms with Crippen LogP contribution in [0, 0.1) is 5.92 Å². The van der Waals surface area contributed by atoms with Gasteiger partial charge >= 0.3 is 0 Å². The van der Waals surface area contributed by atoms with Crippen LogP contribution in [-0.4, -0.2) is 22.0 Å². The lowest BCUT2D eigenvalue weighted by Gasteiger charge is -2.24. The van der Waals surface area contributed by atoms with Gasteiger partial charge in [0.05, 0.1) is 0 Å². The van der Waals surface area contributed by atoms with Gasteiger partial charge in [-0.25, -0.2) is 0 Å². The molecule has 1 aliphatic rings. The van der Waals surface area contributed by atoms with Crippen LogP contribution in [0.4, 0.5) is 10.8 Å². The monoisotopic (exact) mass is 344 g/mol. The third-order valence-electron chi connectivity index (χ3n) is 4.01. The number of aromatic nitrogens is 2. The van der Waals surface area contributed by atoms with Crippen molar-refractivity contribution in [2.75, 3.05) is 10.6 Å². The Kier molecular flexibility index (Phi) is 5.20. The highest BCUT2D eigenvalue weighted by Crippen LogP contribution is 2.27. The van der Waals surface area contributed by atoms with Crippen molar-refractivity contribution < 1.29 is 9.59 Å². The van der Waals surface area contributed by atoms with E-state index in [1.54, 1.807) is 0 Å². The molecule has 0 fully saturated rings. The van der Waals surface area contributed by atoms with Crippen LogP contribution in [0.1, 0.15) is 36.8 Å². The topological polar surface area (TPSA) is 84.0 Å². The van der Waals surface area contributed by atoms with Gasteiger partial charge in [-0.05, 0) is 30.9 Å². The first-order valence-corrected chi connectivity index (χ1v) is 8.98. The van der Waals surface area contributed by atoms with Crippen molar-refractivity contribution in [3.05, 3.63) is 34.8 Å². The number of carbonyl (C=O) groups is 2. The highest BCUT2D eigenvalue weighted by Gasteiger charge is 2.26. The van der Waals surface area contributed by atoms with Gasteiger partial charge in [0.2, 0.25) is 16.9 Å². The molecule has 1 atom stereocenters. The zero-order valence-electron chi connectivity index (χ0n) is 13.5. The van der Waals surface area contributed by atoms with Crippen molar-refractivity contribution in [3.63, 3.8) is 0 Å². The van der Waals surface area contributed by atoms with Crippen LogP contribution in [0.25, 0.3) is 0 Å². The molecule has 6 nitrogen and oxygen atoms in total. The zero-order chi connectivity index (χ0) is 16.9. The zero-order valence-corrected chi connectivity index (χ0v) is 14.4. The van der Waals surface area contributed by atoms with Gasteiger partial charge in [0.25, 0.3) is 0 Å². The third-order valence-corrected chi connectivity index (χ3v) is 4.91. The first-order chi connectivity index (χ1) is 11.7. The Morgan fingerprint density at radius 3 is 3.04 bits per heavy atom. The summed E-state index contributed by atoms with van der Waals surface area (Å²) < 4.78 is 0. The molecule has 0 radical (unpaired) electrons. The summed E-state index contributed by atoms with van der Waals surface area (Å²) in [6.45, 7) is 2.08. The quantitative estimate of drug-likeness (QED) is 0.844. The number of aryl methyl sites for hydroxylation is 1. The van der Waals surface area contributed by atoms with Crippen LogP contribution in [0.3, 0.4) is 0 Å². The van der Waals surface area contributed by atoms with E-state index in [4.69, 9.17) is 0 Å². The smallest absolute Gasteiger partial charge is 0.227 e. The highest BCUT2D eigenvalue weighted by atomic mass is 32.1. The van der Waals surface area contributed by atoms with E-state index in [2.05, 4.69) is 27.8 Å². The Balaban J connectivity index is 1.51. The molecule has 1 aromatic carbocycles. The molecule has 0 spiro atoms. The molecule has 3 rings (SSSR count). The maximum atomic E-state index is 12.1. The summed E-state index contributed by atoms with van der Waals surface area (Å²) in [5.41, 5.74) is 2.00. The molecule has 1 unspecified atom stereocenters. The van der Waals surface area contributed by atoms with E-state index < -0.39 is 0 Å². The number of carbonyl (C=O) groups excluding carboxylic acids is 2. The Hall–Kier alpha value is -2.28. The van der Waals surface area contributed by atoms with Crippen molar-refractivity contribution in [1.82, 2.24) is 10.2 Å². The van der Waals surface area contributed by atoms with Gasteiger partial charge in [-0.1, -0.05) is 36.5 Å². The second-order valence-electron chi connectivity index (χ2n) is 5.89. The molecule has 24 heavy (non-hydrogen) atoms. The van der Waals surface area contributed by atoms with Crippen molar-refractivity contribution in [2.45, 2.75) is 39.0 Å². The lowest BCUT2D eigenvalue weighted by molar-refractivity contribution is -0.121. The third kappa shape index (κ3) is 3.97. The Labute approximate surface area is 144 Å². The summed E-state index contributed by atoms with van der Waals surface area (Å²) in [6.07, 6.45) is 3.36. The van der Waals surface area contributed by atoms with Crippen LogP contribution < -0.4 is 10.6 Å². The number of nitrogens with one attached hydrogen (secondary N) is 2. The molecule has 7 heteroatoms. The molecule has 1 aromatic heterocycles. The number of benzene rings is 1. The molecule has 1 aliphatic heterocycles. The molecular weight excluding hydrogens is 324 g/mol. The number of fused-ring (bicyclic) bond motifs is 1. The van der Waals surface area contributed by atoms with Crippen LogP contribution in [-0.2, 0) is 22.4 Å². The van der Waals surface area contributed by atoms with Crippen LogP contribution in [0.5, 0.6) is 0 Å². The molecule has 2 heterocycles. The molecule has 2 N–H and O–H groups in total. The molecular formula is C17H20N4O2S. The predicted molar refractivity (Wildman–Crippen MR) is 94.0 cm³/mol. The minimum Gasteiger partial charge on any atom is -0.326 e. The average Bonchev–Trinajstić information content (AvgIpc) is 3.00. The molecule has 2 aromatic rings. The largest absolute Gasteiger partial charge is 0.326 e. The van der Waals surface area contributed by atoms with Crippen molar-refractivity contribution >= 4 is 34.0 Å². The second-order valence-corrected chi connectivity index (χ2v) is 6.95. The highest BCUT2D eigenvalue weighted by molar-refractivity contribution is 7.15. The summed E-state index contributed by atoms with van der Waals surface area (Å²) in [7, 11) is 0. The number of hydrogen-bond donors (Lipinski definition) is 2. The number of hydrogen-bond acceptors (Lipinski definition) is 5. The minimum absolute atomic E-state index is 0.0114.